The highest BCUT2D eigenvalue weighted by atomic mass is 32.1. The van der Waals surface area contributed by atoms with Crippen LogP contribution in [0.2, 0.25) is 0 Å². The third kappa shape index (κ3) is 7.77. The van der Waals surface area contributed by atoms with Crippen LogP contribution >= 0.6 is 13.5 Å². The second-order valence-electron chi connectivity index (χ2n) is 10.6. The lowest BCUT2D eigenvalue weighted by Gasteiger charge is -2.31. The Hall–Kier alpha value is -3.84. The van der Waals surface area contributed by atoms with Crippen LogP contribution in [0, 0.1) is 11.7 Å². The van der Waals surface area contributed by atoms with E-state index in [1.165, 1.54) is 13.4 Å². The number of amides is 1. The van der Waals surface area contributed by atoms with Gasteiger partial charge in [0.1, 0.15) is 18.0 Å². The molecule has 13 heteroatoms. The highest BCUT2D eigenvalue weighted by Crippen LogP contribution is 2.28. The number of hydrogen-bond acceptors (Lipinski definition) is 8. The minimum atomic E-state index is -2.29. The maximum atomic E-state index is 14.4. The van der Waals surface area contributed by atoms with E-state index in [1.807, 2.05) is 24.0 Å². The second kappa shape index (κ2) is 14.6. The van der Waals surface area contributed by atoms with E-state index in [1.54, 1.807) is 24.5 Å². The Balaban J connectivity index is 0.00000423. The Bertz CT molecular complexity index is 1530. The van der Waals surface area contributed by atoms with E-state index >= 15 is 0 Å². The van der Waals surface area contributed by atoms with E-state index in [4.69, 9.17) is 0 Å². The standard InChI is InChI=1S/C30H33F3N8O.H2S/c1-18(21-4-3-5-22-28(30(42)34-2)23(31)15-38-29(21)22)12-35-27-11-24(39-17-40-27)20-13-36-26(37-14-20)10-19-6-8-41(9-7-19)16-25(32)33;/h3-5,11,13-15,17-19,25H,6-10,12,16H2,1-2H3,(H,34,42)(H,35,39,40);1H2/t18-;/m1./s1. The lowest BCUT2D eigenvalue weighted by molar-refractivity contribution is 0.0688. The Morgan fingerprint density at radius 1 is 1.07 bits per heavy atom. The quantitative estimate of drug-likeness (QED) is 0.262. The number of rotatable bonds is 10. The van der Waals surface area contributed by atoms with Crippen molar-refractivity contribution in [2.75, 3.05) is 38.5 Å². The summed E-state index contributed by atoms with van der Waals surface area (Å²) in [4.78, 5) is 36.2. The normalized spacial score (nSPS) is 14.8. The van der Waals surface area contributed by atoms with Crippen LogP contribution in [-0.2, 0) is 6.42 Å². The van der Waals surface area contributed by atoms with Gasteiger partial charge in [-0.05, 0) is 37.4 Å². The molecule has 0 saturated carbocycles. The predicted molar refractivity (Wildman–Crippen MR) is 164 cm³/mol. The number of nitrogens with one attached hydrogen (secondary N) is 2. The molecule has 9 nitrogen and oxygen atoms in total. The molecule has 4 heterocycles. The molecule has 1 aromatic carbocycles. The molecule has 4 aromatic rings. The fraction of sp³-hybridized carbons (Fsp3) is 0.400. The smallest absolute Gasteiger partial charge is 0.254 e. The summed E-state index contributed by atoms with van der Waals surface area (Å²) in [6.45, 7) is 3.72. The number of carbonyl (C=O) groups excluding carboxylic acids is 1. The molecular formula is C30H35F3N8OS. The molecule has 1 aliphatic heterocycles. The molecule has 5 rings (SSSR count). The molecule has 0 spiro atoms. The van der Waals surface area contributed by atoms with E-state index < -0.39 is 18.1 Å². The summed E-state index contributed by atoms with van der Waals surface area (Å²) in [6, 6.07) is 7.24. The van der Waals surface area contributed by atoms with Crippen LogP contribution in [0.5, 0.6) is 0 Å². The Morgan fingerprint density at radius 3 is 2.51 bits per heavy atom. The first-order valence-electron chi connectivity index (χ1n) is 14.0. The van der Waals surface area contributed by atoms with Gasteiger partial charge in [-0.2, -0.15) is 13.5 Å². The topological polar surface area (TPSA) is 109 Å². The van der Waals surface area contributed by atoms with Crippen LogP contribution in [0.25, 0.3) is 22.2 Å². The number of carbonyl (C=O) groups is 1. The second-order valence-corrected chi connectivity index (χ2v) is 10.6. The third-order valence-corrected chi connectivity index (χ3v) is 7.70. The summed E-state index contributed by atoms with van der Waals surface area (Å²) in [5.41, 5.74) is 2.86. The number of likely N-dealkylation sites (tertiary alicyclic amines) is 1. The van der Waals surface area contributed by atoms with E-state index in [9.17, 15) is 18.0 Å². The Morgan fingerprint density at radius 2 is 1.81 bits per heavy atom. The van der Waals surface area contributed by atoms with Crippen molar-refractivity contribution in [3.63, 3.8) is 0 Å². The van der Waals surface area contributed by atoms with Crippen LogP contribution < -0.4 is 10.6 Å². The maximum absolute atomic E-state index is 14.4. The van der Waals surface area contributed by atoms with Crippen molar-refractivity contribution in [1.29, 1.82) is 0 Å². The zero-order valence-corrected chi connectivity index (χ0v) is 25.0. The number of nitrogens with zero attached hydrogens (tertiary/aromatic N) is 6. The average Bonchev–Trinajstić information content (AvgIpc) is 3.00. The molecular weight excluding hydrogens is 577 g/mol. The van der Waals surface area contributed by atoms with Crippen molar-refractivity contribution < 1.29 is 18.0 Å². The molecule has 2 N–H and O–H groups in total. The predicted octanol–water partition coefficient (Wildman–Crippen LogP) is 4.83. The number of hydrogen-bond donors (Lipinski definition) is 2. The van der Waals surface area contributed by atoms with Gasteiger partial charge in [-0.15, -0.1) is 0 Å². The van der Waals surface area contributed by atoms with Gasteiger partial charge in [0.15, 0.2) is 5.82 Å². The number of fused-ring (bicyclic) bond motifs is 1. The lowest BCUT2D eigenvalue weighted by Crippen LogP contribution is -2.37. The molecule has 43 heavy (non-hydrogen) atoms. The number of alkyl halides is 2. The largest absolute Gasteiger partial charge is 0.369 e. The number of pyridine rings is 1. The minimum Gasteiger partial charge on any atom is -0.369 e. The molecule has 0 aliphatic carbocycles. The Kier molecular flexibility index (Phi) is 10.9. The molecule has 1 aliphatic rings. The van der Waals surface area contributed by atoms with Crippen molar-refractivity contribution in [3.05, 3.63) is 72.0 Å². The van der Waals surface area contributed by atoms with Crippen LogP contribution in [0.3, 0.4) is 0 Å². The first kappa shape index (κ1) is 32.1. The van der Waals surface area contributed by atoms with Gasteiger partial charge in [0.05, 0.1) is 29.5 Å². The van der Waals surface area contributed by atoms with Gasteiger partial charge in [-0.3, -0.25) is 14.7 Å². The van der Waals surface area contributed by atoms with E-state index in [2.05, 4.69) is 35.6 Å². The van der Waals surface area contributed by atoms with Crippen LogP contribution in [0.15, 0.2) is 49.2 Å². The Labute approximate surface area is 255 Å². The van der Waals surface area contributed by atoms with E-state index in [-0.39, 0.29) is 31.5 Å². The number of aromatic nitrogens is 5. The zero-order chi connectivity index (χ0) is 29.6. The van der Waals surface area contributed by atoms with Crippen LogP contribution in [0.4, 0.5) is 19.0 Å². The number of benzene rings is 1. The lowest BCUT2D eigenvalue weighted by atomic mass is 9.93. The van der Waals surface area contributed by atoms with Crippen molar-refractivity contribution in [2.45, 2.75) is 38.5 Å². The zero-order valence-electron chi connectivity index (χ0n) is 24.0. The molecule has 1 amide bonds. The van der Waals surface area contributed by atoms with Crippen LogP contribution in [-0.4, -0.2) is 75.4 Å². The number of piperidine rings is 1. The molecule has 1 saturated heterocycles. The fourth-order valence-electron chi connectivity index (χ4n) is 5.37. The van der Waals surface area contributed by atoms with Crippen molar-refractivity contribution in [2.24, 2.45) is 5.92 Å². The number of halogens is 3. The highest BCUT2D eigenvalue weighted by molar-refractivity contribution is 7.59. The van der Waals surface area contributed by atoms with E-state index in [0.717, 1.165) is 42.4 Å². The highest BCUT2D eigenvalue weighted by Gasteiger charge is 2.23. The van der Waals surface area contributed by atoms with Crippen molar-refractivity contribution >= 4 is 36.1 Å². The van der Waals surface area contributed by atoms with Gasteiger partial charge in [0.25, 0.3) is 12.3 Å². The number of para-hydroxylation sites is 1. The summed E-state index contributed by atoms with van der Waals surface area (Å²) < 4.78 is 39.7. The minimum absolute atomic E-state index is 0. The van der Waals surface area contributed by atoms with Gasteiger partial charge in [-0.25, -0.2) is 33.1 Å². The monoisotopic (exact) mass is 612 g/mol. The molecule has 0 unspecified atom stereocenters. The van der Waals surface area contributed by atoms with Gasteiger partial charge >= 0.3 is 0 Å². The van der Waals surface area contributed by atoms with Crippen molar-refractivity contribution in [3.8, 4) is 11.3 Å². The van der Waals surface area contributed by atoms with E-state index in [0.29, 0.717) is 48.0 Å². The summed E-state index contributed by atoms with van der Waals surface area (Å²) in [5, 5.41) is 6.29. The SMILES string of the molecule is CNC(=O)c1c(F)cnc2c([C@H](C)CNc3cc(-c4cnc(CC5CCN(CC(F)F)CC5)nc4)ncn3)cccc12.S. The number of anilines is 1. The fourth-order valence-corrected chi connectivity index (χ4v) is 5.37. The molecule has 1 atom stereocenters. The summed E-state index contributed by atoms with van der Waals surface area (Å²) in [5.74, 6) is 0.539. The summed E-state index contributed by atoms with van der Waals surface area (Å²) in [6.07, 6.45) is 6.19. The van der Waals surface area contributed by atoms with Gasteiger partial charge in [0, 0.05) is 55.3 Å². The van der Waals surface area contributed by atoms with Gasteiger partial charge in [-0.1, -0.05) is 25.1 Å². The average molecular weight is 613 g/mol. The van der Waals surface area contributed by atoms with Gasteiger partial charge in [0.2, 0.25) is 0 Å². The first-order valence-corrected chi connectivity index (χ1v) is 14.0. The molecule has 3 aromatic heterocycles. The molecule has 1 fully saturated rings. The summed E-state index contributed by atoms with van der Waals surface area (Å²) in [7, 11) is 1.47. The molecule has 0 radical (unpaired) electrons. The van der Waals surface area contributed by atoms with Gasteiger partial charge < -0.3 is 10.6 Å². The molecule has 0 bridgehead atoms. The summed E-state index contributed by atoms with van der Waals surface area (Å²) >= 11 is 0. The third-order valence-electron chi connectivity index (χ3n) is 7.70. The first-order chi connectivity index (χ1) is 20.3. The van der Waals surface area contributed by atoms with Crippen molar-refractivity contribution in [1.82, 2.24) is 35.1 Å². The van der Waals surface area contributed by atoms with Crippen LogP contribution in [0.1, 0.15) is 47.4 Å². The maximum Gasteiger partial charge on any atom is 0.254 e. The molecule has 228 valence electrons.